The number of hydrogen-bond acceptors (Lipinski definition) is 5. The van der Waals surface area contributed by atoms with Crippen molar-refractivity contribution in [2.75, 3.05) is 17.7 Å². The number of aromatic nitrogens is 2. The average molecular weight is 427 g/mol. The number of rotatable bonds is 6. The van der Waals surface area contributed by atoms with Crippen LogP contribution in [-0.4, -0.2) is 28.7 Å². The molecule has 3 rings (SSSR count). The highest BCUT2D eigenvalue weighted by Gasteiger charge is 2.14. The van der Waals surface area contributed by atoms with Gasteiger partial charge in [-0.15, -0.1) is 0 Å². The van der Waals surface area contributed by atoms with Crippen molar-refractivity contribution in [2.24, 2.45) is 0 Å². The predicted molar refractivity (Wildman–Crippen MR) is 115 cm³/mol. The van der Waals surface area contributed by atoms with Crippen molar-refractivity contribution in [3.8, 4) is 17.0 Å². The molecule has 0 aliphatic carbocycles. The Hall–Kier alpha value is -3.65. The summed E-state index contributed by atoms with van der Waals surface area (Å²) in [6, 6.07) is 15.1. The molecule has 8 nitrogen and oxygen atoms in total. The van der Waals surface area contributed by atoms with Crippen molar-refractivity contribution >= 4 is 34.8 Å². The molecule has 0 atom stereocenters. The first-order chi connectivity index (χ1) is 14.4. The summed E-state index contributed by atoms with van der Waals surface area (Å²) in [5.41, 5.74) is 1.07. The Kier molecular flexibility index (Phi) is 6.48. The smallest absolute Gasteiger partial charge is 0.291 e. The number of nitrogens with zero attached hydrogens (tertiary/aromatic N) is 2. The van der Waals surface area contributed by atoms with Gasteiger partial charge in [0, 0.05) is 23.2 Å². The molecule has 0 radical (unpaired) electrons. The lowest BCUT2D eigenvalue weighted by molar-refractivity contribution is -0.117. The summed E-state index contributed by atoms with van der Waals surface area (Å²) in [4.78, 5) is 36.6. The molecule has 0 aliphatic rings. The van der Waals surface area contributed by atoms with Gasteiger partial charge in [0.2, 0.25) is 11.8 Å². The number of benzene rings is 2. The minimum absolute atomic E-state index is 0.0275. The first-order valence-corrected chi connectivity index (χ1v) is 9.33. The summed E-state index contributed by atoms with van der Waals surface area (Å²) in [5.74, 6) is -0.201. The first kappa shape index (κ1) is 21.1. The molecule has 2 N–H and O–H groups in total. The molecule has 0 unspecified atom stereocenters. The van der Waals surface area contributed by atoms with Crippen LogP contribution in [0.15, 0.2) is 59.4 Å². The largest absolute Gasteiger partial charge is 0.497 e. The third kappa shape index (κ3) is 5.24. The summed E-state index contributed by atoms with van der Waals surface area (Å²) in [5, 5.41) is 10.0. The van der Waals surface area contributed by atoms with Gasteiger partial charge in [-0.2, -0.15) is 5.10 Å². The number of nitrogens with one attached hydrogen (secondary N) is 2. The number of carbonyl (C=O) groups excluding carboxylic acids is 2. The molecule has 154 valence electrons. The van der Waals surface area contributed by atoms with Crippen LogP contribution in [0, 0.1) is 0 Å². The number of hydrogen-bond donors (Lipinski definition) is 2. The molecule has 9 heteroatoms. The number of anilines is 2. The molecule has 0 bridgehead atoms. The summed E-state index contributed by atoms with van der Waals surface area (Å²) < 4.78 is 6.09. The number of ether oxygens (including phenoxy) is 1. The topological polar surface area (TPSA) is 102 Å². The quantitative estimate of drug-likeness (QED) is 0.630. The van der Waals surface area contributed by atoms with Crippen LogP contribution in [0.5, 0.6) is 5.75 Å². The van der Waals surface area contributed by atoms with Crippen LogP contribution in [0.2, 0.25) is 5.02 Å². The van der Waals surface area contributed by atoms with Gasteiger partial charge in [0.25, 0.3) is 5.56 Å². The zero-order valence-corrected chi connectivity index (χ0v) is 17.1. The summed E-state index contributed by atoms with van der Waals surface area (Å²) in [7, 11) is 1.55. The second-order valence-corrected chi connectivity index (χ2v) is 6.81. The Morgan fingerprint density at radius 3 is 2.33 bits per heavy atom. The van der Waals surface area contributed by atoms with Gasteiger partial charge in [0.05, 0.1) is 12.8 Å². The summed E-state index contributed by atoms with van der Waals surface area (Å²) in [6.07, 6.45) is 0. The van der Waals surface area contributed by atoms with Crippen LogP contribution < -0.4 is 20.9 Å². The van der Waals surface area contributed by atoms with Gasteiger partial charge in [0.1, 0.15) is 18.0 Å². The lowest BCUT2D eigenvalue weighted by atomic mass is 10.1. The van der Waals surface area contributed by atoms with E-state index in [4.69, 9.17) is 16.3 Å². The zero-order valence-electron chi connectivity index (χ0n) is 16.3. The van der Waals surface area contributed by atoms with Crippen molar-refractivity contribution in [1.29, 1.82) is 0 Å². The molecule has 0 aliphatic heterocycles. The maximum atomic E-state index is 12.7. The highest BCUT2D eigenvalue weighted by molar-refractivity contribution is 6.30. The summed E-state index contributed by atoms with van der Waals surface area (Å²) in [6.45, 7) is 0.960. The Labute approximate surface area is 177 Å². The lowest BCUT2D eigenvalue weighted by Crippen LogP contribution is -2.32. The Morgan fingerprint density at radius 1 is 1.07 bits per heavy atom. The van der Waals surface area contributed by atoms with Crippen LogP contribution in [0.25, 0.3) is 11.3 Å². The molecule has 0 fully saturated rings. The maximum absolute atomic E-state index is 12.7. The SMILES string of the molecule is COc1ccc(NC(=O)Cn2nc(-c3ccc(Cl)cc3)cc(NC(C)=O)c2=O)cc1. The van der Waals surface area contributed by atoms with Crippen LogP contribution in [0.4, 0.5) is 11.4 Å². The molecule has 1 heterocycles. The second-order valence-electron chi connectivity index (χ2n) is 6.37. The van der Waals surface area contributed by atoms with Gasteiger partial charge in [-0.05, 0) is 42.5 Å². The van der Waals surface area contributed by atoms with E-state index in [1.54, 1.807) is 55.6 Å². The zero-order chi connectivity index (χ0) is 21.7. The van der Waals surface area contributed by atoms with Crippen LogP contribution in [0.1, 0.15) is 6.92 Å². The van der Waals surface area contributed by atoms with Crippen molar-refractivity contribution < 1.29 is 14.3 Å². The normalized spacial score (nSPS) is 10.4. The monoisotopic (exact) mass is 426 g/mol. The minimum atomic E-state index is -0.590. The van der Waals surface area contributed by atoms with Gasteiger partial charge < -0.3 is 15.4 Å². The highest BCUT2D eigenvalue weighted by Crippen LogP contribution is 2.21. The molecule has 2 amide bonds. The van der Waals surface area contributed by atoms with E-state index in [2.05, 4.69) is 15.7 Å². The van der Waals surface area contributed by atoms with E-state index in [9.17, 15) is 14.4 Å². The maximum Gasteiger partial charge on any atom is 0.291 e. The third-order valence-corrected chi connectivity index (χ3v) is 4.34. The van der Waals surface area contributed by atoms with Gasteiger partial charge >= 0.3 is 0 Å². The minimum Gasteiger partial charge on any atom is -0.497 e. The summed E-state index contributed by atoms with van der Waals surface area (Å²) >= 11 is 5.93. The molecule has 3 aromatic rings. The van der Waals surface area contributed by atoms with E-state index < -0.39 is 17.4 Å². The van der Waals surface area contributed by atoms with Crippen molar-refractivity contribution in [2.45, 2.75) is 13.5 Å². The fourth-order valence-electron chi connectivity index (χ4n) is 2.70. The lowest BCUT2D eigenvalue weighted by Gasteiger charge is -2.12. The van der Waals surface area contributed by atoms with Gasteiger partial charge in [0.15, 0.2) is 0 Å². The number of carbonyl (C=O) groups is 2. The standard InChI is InChI=1S/C21H19ClN4O4/c1-13(27)23-19-11-18(14-3-5-15(22)6-4-14)25-26(21(19)29)12-20(28)24-16-7-9-17(30-2)10-8-16/h3-11H,12H2,1-2H3,(H,23,27)(H,24,28). The predicted octanol–water partition coefficient (Wildman–Crippen LogP) is 3.17. The molecule has 0 saturated carbocycles. The Balaban J connectivity index is 1.90. The highest BCUT2D eigenvalue weighted by atomic mass is 35.5. The van der Waals surface area contributed by atoms with E-state index in [1.165, 1.54) is 13.0 Å². The molecule has 0 spiro atoms. The van der Waals surface area contributed by atoms with Gasteiger partial charge in [-0.1, -0.05) is 23.7 Å². The molecular formula is C21H19ClN4O4. The van der Waals surface area contributed by atoms with Crippen molar-refractivity contribution in [3.05, 3.63) is 70.0 Å². The van der Waals surface area contributed by atoms with Crippen LogP contribution >= 0.6 is 11.6 Å². The van der Waals surface area contributed by atoms with Gasteiger partial charge in [-0.3, -0.25) is 14.4 Å². The van der Waals surface area contributed by atoms with Crippen molar-refractivity contribution in [1.82, 2.24) is 9.78 Å². The van der Waals surface area contributed by atoms with E-state index >= 15 is 0 Å². The van der Waals surface area contributed by atoms with E-state index in [1.807, 2.05) is 0 Å². The van der Waals surface area contributed by atoms with E-state index in [0.717, 1.165) is 4.68 Å². The van der Waals surface area contributed by atoms with Crippen LogP contribution in [-0.2, 0) is 16.1 Å². The van der Waals surface area contributed by atoms with Crippen LogP contribution in [0.3, 0.4) is 0 Å². The van der Waals surface area contributed by atoms with Gasteiger partial charge in [-0.25, -0.2) is 4.68 Å². The Bertz CT molecular complexity index is 1130. The fraction of sp³-hybridized carbons (Fsp3) is 0.143. The molecule has 1 aromatic heterocycles. The number of halogens is 1. The molecule has 30 heavy (non-hydrogen) atoms. The fourth-order valence-corrected chi connectivity index (χ4v) is 2.83. The molecule has 0 saturated heterocycles. The van der Waals surface area contributed by atoms with Crippen molar-refractivity contribution in [3.63, 3.8) is 0 Å². The second kappa shape index (κ2) is 9.23. The number of methoxy groups -OCH3 is 1. The van der Waals surface area contributed by atoms with E-state index in [-0.39, 0.29) is 12.2 Å². The first-order valence-electron chi connectivity index (χ1n) is 8.95. The van der Waals surface area contributed by atoms with E-state index in [0.29, 0.717) is 27.7 Å². The Morgan fingerprint density at radius 2 is 1.73 bits per heavy atom. The third-order valence-electron chi connectivity index (χ3n) is 4.09. The average Bonchev–Trinajstić information content (AvgIpc) is 2.71. The molecular weight excluding hydrogens is 408 g/mol. The molecule has 2 aromatic carbocycles. The number of amides is 2.